The Morgan fingerprint density at radius 3 is 2.58 bits per heavy atom. The number of benzene rings is 2. The van der Waals surface area contributed by atoms with Crippen molar-refractivity contribution >= 4 is 40.2 Å². The molecule has 2 aromatic carbocycles. The quantitative estimate of drug-likeness (QED) is 0.218. The molecule has 0 N–H and O–H groups in total. The minimum absolute atomic E-state index is 0.0208. The third-order valence-electron chi connectivity index (χ3n) is 7.12. The van der Waals surface area contributed by atoms with E-state index in [-0.39, 0.29) is 30.1 Å². The van der Waals surface area contributed by atoms with E-state index in [0.717, 1.165) is 12.8 Å². The monoisotopic (exact) mass is 506 g/mol. The SMILES string of the molecule is CCOC(=O)C(CC1CCN(C(=O)c2ccccc2)CC1CC)C(=O)c1ccnc2cc(Cl)ccc12. The Morgan fingerprint density at radius 2 is 1.86 bits per heavy atom. The van der Waals surface area contributed by atoms with E-state index < -0.39 is 11.9 Å². The summed E-state index contributed by atoms with van der Waals surface area (Å²) in [5.41, 5.74) is 1.73. The first kappa shape index (κ1) is 25.8. The highest BCUT2D eigenvalue weighted by Gasteiger charge is 2.38. The number of piperidine rings is 1. The topological polar surface area (TPSA) is 76.6 Å². The summed E-state index contributed by atoms with van der Waals surface area (Å²) in [4.78, 5) is 46.0. The Labute approximate surface area is 216 Å². The summed E-state index contributed by atoms with van der Waals surface area (Å²) in [5.74, 6) is -1.35. The summed E-state index contributed by atoms with van der Waals surface area (Å²) in [6.45, 7) is 5.24. The van der Waals surface area contributed by atoms with Gasteiger partial charge in [-0.3, -0.25) is 19.4 Å². The number of ether oxygens (including phenoxy) is 1. The molecule has 188 valence electrons. The maximum atomic E-state index is 13.8. The van der Waals surface area contributed by atoms with Gasteiger partial charge in [0.05, 0.1) is 12.1 Å². The number of pyridine rings is 1. The van der Waals surface area contributed by atoms with Crippen LogP contribution in [0.5, 0.6) is 0 Å². The van der Waals surface area contributed by atoms with Crippen molar-refractivity contribution in [1.82, 2.24) is 9.88 Å². The number of rotatable bonds is 8. The van der Waals surface area contributed by atoms with Gasteiger partial charge in [-0.2, -0.15) is 0 Å². The van der Waals surface area contributed by atoms with Gasteiger partial charge in [0.2, 0.25) is 0 Å². The molecule has 0 spiro atoms. The van der Waals surface area contributed by atoms with Crippen molar-refractivity contribution in [1.29, 1.82) is 0 Å². The van der Waals surface area contributed by atoms with Gasteiger partial charge in [0.1, 0.15) is 5.92 Å². The van der Waals surface area contributed by atoms with Crippen molar-refractivity contribution in [3.05, 3.63) is 76.9 Å². The number of esters is 1. The highest BCUT2D eigenvalue weighted by Crippen LogP contribution is 2.34. The van der Waals surface area contributed by atoms with Crippen LogP contribution in [0.15, 0.2) is 60.8 Å². The molecule has 1 aromatic heterocycles. The number of hydrogen-bond donors (Lipinski definition) is 0. The molecule has 2 heterocycles. The third kappa shape index (κ3) is 5.59. The van der Waals surface area contributed by atoms with E-state index >= 15 is 0 Å². The molecule has 0 saturated carbocycles. The molecule has 4 rings (SSSR count). The molecule has 7 heteroatoms. The minimum Gasteiger partial charge on any atom is -0.465 e. The second-order valence-electron chi connectivity index (χ2n) is 9.26. The predicted molar refractivity (Wildman–Crippen MR) is 140 cm³/mol. The highest BCUT2D eigenvalue weighted by atomic mass is 35.5. The van der Waals surface area contributed by atoms with Crippen LogP contribution in [-0.2, 0) is 9.53 Å². The van der Waals surface area contributed by atoms with Gasteiger partial charge in [-0.1, -0.05) is 49.2 Å². The van der Waals surface area contributed by atoms with Crippen molar-refractivity contribution in [2.24, 2.45) is 17.8 Å². The van der Waals surface area contributed by atoms with E-state index in [1.165, 1.54) is 0 Å². The van der Waals surface area contributed by atoms with Crippen LogP contribution in [-0.4, -0.2) is 47.2 Å². The van der Waals surface area contributed by atoms with Crippen molar-refractivity contribution < 1.29 is 19.1 Å². The third-order valence-corrected chi connectivity index (χ3v) is 7.36. The standard InChI is InChI=1S/C29H31ClN2O4/c1-3-19-18-32(28(34)20-8-6-5-7-9-20)15-13-21(19)16-25(29(35)36-4-2)27(33)24-12-14-31-26-17-22(30)10-11-23(24)26/h5-12,14,17,19,21,25H,3-4,13,15-16,18H2,1-2H3. The lowest BCUT2D eigenvalue weighted by atomic mass is 9.76. The fraction of sp³-hybridized carbons (Fsp3) is 0.379. The molecule has 1 amide bonds. The van der Waals surface area contributed by atoms with E-state index in [2.05, 4.69) is 11.9 Å². The minimum atomic E-state index is -0.915. The number of halogens is 1. The number of aromatic nitrogens is 1. The molecule has 3 unspecified atom stereocenters. The lowest BCUT2D eigenvalue weighted by molar-refractivity contribution is -0.147. The number of fused-ring (bicyclic) bond motifs is 1. The largest absolute Gasteiger partial charge is 0.465 e. The van der Waals surface area contributed by atoms with Gasteiger partial charge >= 0.3 is 5.97 Å². The Hall–Kier alpha value is -3.25. The molecular weight excluding hydrogens is 476 g/mol. The Balaban J connectivity index is 1.56. The Bertz CT molecular complexity index is 1250. The van der Waals surface area contributed by atoms with E-state index in [1.54, 1.807) is 37.4 Å². The molecular formula is C29H31ClN2O4. The Morgan fingerprint density at radius 1 is 1.08 bits per heavy atom. The average molecular weight is 507 g/mol. The number of likely N-dealkylation sites (tertiary alicyclic amines) is 1. The molecule has 0 aliphatic carbocycles. The number of nitrogens with zero attached hydrogens (tertiary/aromatic N) is 2. The van der Waals surface area contributed by atoms with E-state index in [4.69, 9.17) is 16.3 Å². The number of carbonyl (C=O) groups excluding carboxylic acids is 3. The lowest BCUT2D eigenvalue weighted by Crippen LogP contribution is -2.45. The zero-order valence-electron chi connectivity index (χ0n) is 20.7. The predicted octanol–water partition coefficient (Wildman–Crippen LogP) is 5.83. The second-order valence-corrected chi connectivity index (χ2v) is 9.70. The molecule has 0 radical (unpaired) electrons. The van der Waals surface area contributed by atoms with Crippen molar-refractivity contribution in [3.63, 3.8) is 0 Å². The first-order valence-corrected chi connectivity index (χ1v) is 12.9. The van der Waals surface area contributed by atoms with E-state index in [9.17, 15) is 14.4 Å². The van der Waals surface area contributed by atoms with Gasteiger partial charge < -0.3 is 9.64 Å². The van der Waals surface area contributed by atoms with Crippen molar-refractivity contribution in [3.8, 4) is 0 Å². The molecule has 1 fully saturated rings. The maximum absolute atomic E-state index is 13.8. The van der Waals surface area contributed by atoms with Gasteiger partial charge in [-0.05, 0) is 61.9 Å². The van der Waals surface area contributed by atoms with Crippen LogP contribution in [0.2, 0.25) is 5.02 Å². The first-order chi connectivity index (χ1) is 17.4. The van der Waals surface area contributed by atoms with Crippen LogP contribution in [0.25, 0.3) is 10.9 Å². The summed E-state index contributed by atoms with van der Waals surface area (Å²) in [5, 5.41) is 1.20. The molecule has 1 aliphatic heterocycles. The first-order valence-electron chi connectivity index (χ1n) is 12.5. The number of ketones is 1. The smallest absolute Gasteiger partial charge is 0.316 e. The van der Waals surface area contributed by atoms with Crippen LogP contribution >= 0.6 is 11.6 Å². The number of hydrogen-bond acceptors (Lipinski definition) is 5. The van der Waals surface area contributed by atoms with E-state index in [0.29, 0.717) is 46.6 Å². The summed E-state index contributed by atoms with van der Waals surface area (Å²) >= 11 is 6.11. The van der Waals surface area contributed by atoms with Crippen molar-refractivity contribution in [2.45, 2.75) is 33.1 Å². The maximum Gasteiger partial charge on any atom is 0.316 e. The molecule has 3 aromatic rings. The van der Waals surface area contributed by atoms with Gasteiger partial charge in [0.25, 0.3) is 5.91 Å². The average Bonchev–Trinajstić information content (AvgIpc) is 2.91. The molecule has 36 heavy (non-hydrogen) atoms. The number of Topliss-reactive ketones (excluding diaryl/α,β-unsaturated/α-hetero) is 1. The summed E-state index contributed by atoms with van der Waals surface area (Å²) in [7, 11) is 0. The van der Waals surface area contributed by atoms with Gasteiger partial charge in [0, 0.05) is 40.8 Å². The molecule has 1 aliphatic rings. The van der Waals surface area contributed by atoms with E-state index in [1.807, 2.05) is 35.2 Å². The molecule has 1 saturated heterocycles. The van der Waals surface area contributed by atoms with Crippen LogP contribution in [0.3, 0.4) is 0 Å². The van der Waals surface area contributed by atoms with Crippen LogP contribution in [0.4, 0.5) is 0 Å². The molecule has 3 atom stereocenters. The molecule has 6 nitrogen and oxygen atoms in total. The zero-order valence-corrected chi connectivity index (χ0v) is 21.4. The van der Waals surface area contributed by atoms with Crippen LogP contribution in [0.1, 0.15) is 53.8 Å². The normalized spacial score (nSPS) is 18.6. The van der Waals surface area contributed by atoms with Gasteiger partial charge in [0.15, 0.2) is 5.78 Å². The fourth-order valence-electron chi connectivity index (χ4n) is 5.18. The van der Waals surface area contributed by atoms with Gasteiger partial charge in [-0.15, -0.1) is 0 Å². The molecule has 0 bridgehead atoms. The number of carbonyl (C=O) groups is 3. The lowest BCUT2D eigenvalue weighted by Gasteiger charge is -2.39. The summed E-state index contributed by atoms with van der Waals surface area (Å²) in [6.07, 6.45) is 3.54. The van der Waals surface area contributed by atoms with Crippen LogP contribution in [0, 0.1) is 17.8 Å². The highest BCUT2D eigenvalue weighted by molar-refractivity contribution is 6.31. The summed E-state index contributed by atoms with van der Waals surface area (Å²) in [6, 6.07) is 16.1. The Kier molecular flexibility index (Phi) is 8.36. The number of amides is 1. The van der Waals surface area contributed by atoms with Crippen LogP contribution < -0.4 is 0 Å². The second kappa shape index (κ2) is 11.7. The van der Waals surface area contributed by atoms with Crippen molar-refractivity contribution in [2.75, 3.05) is 19.7 Å². The zero-order chi connectivity index (χ0) is 25.7. The summed E-state index contributed by atoms with van der Waals surface area (Å²) < 4.78 is 5.34. The fourth-order valence-corrected chi connectivity index (χ4v) is 5.35. The van der Waals surface area contributed by atoms with Gasteiger partial charge in [-0.25, -0.2) is 0 Å².